The minimum absolute atomic E-state index is 0.0248. The van der Waals surface area contributed by atoms with Crippen molar-refractivity contribution in [2.75, 3.05) is 17.4 Å². The molecule has 1 N–H and O–H groups in total. The van der Waals surface area contributed by atoms with Gasteiger partial charge in [-0.1, -0.05) is 24.3 Å². The van der Waals surface area contributed by atoms with Gasteiger partial charge in [0.25, 0.3) is 22.4 Å². The number of fused-ring (bicyclic) bond motifs is 2. The number of alkyl halides is 2. The van der Waals surface area contributed by atoms with Crippen LogP contribution in [-0.4, -0.2) is 44.3 Å². The summed E-state index contributed by atoms with van der Waals surface area (Å²) in [5.41, 5.74) is 0.995. The molecule has 3 aromatic rings. The third-order valence-electron chi connectivity index (χ3n) is 9.12. The largest absolute Gasteiger partial charge is 0.348 e. The SMILES string of the molecule is CC(=O)N1CCC2(CC1)c1cc(C(=O)NCc3ccccc3C(F)F)ccc1N(S(=O)(=O)c1ccc(F)cc1)[C@@H]2C1CC1. The number of halogens is 3. The smallest absolute Gasteiger partial charge is 0.264 e. The van der Waals surface area contributed by atoms with Gasteiger partial charge in [0.15, 0.2) is 0 Å². The van der Waals surface area contributed by atoms with Gasteiger partial charge in [-0.25, -0.2) is 21.6 Å². The summed E-state index contributed by atoms with van der Waals surface area (Å²) in [7, 11) is -4.11. The zero-order chi connectivity index (χ0) is 30.5. The van der Waals surface area contributed by atoms with Crippen molar-refractivity contribution >= 4 is 27.5 Å². The fourth-order valence-corrected chi connectivity index (χ4v) is 8.63. The van der Waals surface area contributed by atoms with Gasteiger partial charge in [-0.05, 0) is 85.2 Å². The summed E-state index contributed by atoms with van der Waals surface area (Å²) in [5.74, 6) is -0.968. The number of piperidine rings is 1. The predicted molar refractivity (Wildman–Crippen MR) is 155 cm³/mol. The van der Waals surface area contributed by atoms with E-state index in [1.165, 1.54) is 35.5 Å². The van der Waals surface area contributed by atoms with Crippen molar-refractivity contribution in [3.8, 4) is 0 Å². The van der Waals surface area contributed by atoms with E-state index in [2.05, 4.69) is 5.32 Å². The van der Waals surface area contributed by atoms with Crippen LogP contribution in [0.3, 0.4) is 0 Å². The van der Waals surface area contributed by atoms with E-state index in [0.29, 0.717) is 37.2 Å². The molecule has 1 saturated heterocycles. The monoisotopic (exact) mass is 611 g/mol. The van der Waals surface area contributed by atoms with Gasteiger partial charge in [-0.15, -0.1) is 0 Å². The number of carbonyl (C=O) groups excluding carboxylic acids is 2. The number of amides is 2. The zero-order valence-corrected chi connectivity index (χ0v) is 24.4. The molecule has 1 atom stereocenters. The van der Waals surface area contributed by atoms with Gasteiger partial charge in [0.2, 0.25) is 5.91 Å². The predicted octanol–water partition coefficient (Wildman–Crippen LogP) is 5.56. The molecular weight excluding hydrogens is 579 g/mol. The van der Waals surface area contributed by atoms with E-state index >= 15 is 0 Å². The summed E-state index contributed by atoms with van der Waals surface area (Å²) < 4.78 is 70.6. The molecule has 0 unspecified atom stereocenters. The van der Waals surface area contributed by atoms with Gasteiger partial charge >= 0.3 is 0 Å². The Labute approximate surface area is 248 Å². The number of nitrogens with one attached hydrogen (secondary N) is 1. The van der Waals surface area contributed by atoms with E-state index in [1.54, 1.807) is 35.2 Å². The van der Waals surface area contributed by atoms with Gasteiger partial charge < -0.3 is 10.2 Å². The fraction of sp³-hybridized carbons (Fsp3) is 0.375. The van der Waals surface area contributed by atoms with Crippen LogP contribution in [0.2, 0.25) is 0 Å². The second-order valence-electron chi connectivity index (χ2n) is 11.6. The summed E-state index contributed by atoms with van der Waals surface area (Å²) in [6.45, 7) is 2.32. The Bertz CT molecular complexity index is 1670. The van der Waals surface area contributed by atoms with Gasteiger partial charge in [0.05, 0.1) is 16.6 Å². The lowest BCUT2D eigenvalue weighted by atomic mass is 9.68. The van der Waals surface area contributed by atoms with E-state index in [4.69, 9.17) is 0 Å². The fourth-order valence-electron chi connectivity index (χ4n) is 6.83. The number of carbonyl (C=O) groups is 2. The Kier molecular flexibility index (Phi) is 7.48. The van der Waals surface area contributed by atoms with Crippen LogP contribution in [0.25, 0.3) is 0 Å². The number of hydrogen-bond acceptors (Lipinski definition) is 4. The highest BCUT2D eigenvalue weighted by molar-refractivity contribution is 7.92. The van der Waals surface area contributed by atoms with Crippen molar-refractivity contribution in [3.05, 3.63) is 94.8 Å². The quantitative estimate of drug-likeness (QED) is 0.379. The molecule has 6 rings (SSSR count). The highest BCUT2D eigenvalue weighted by Gasteiger charge is 2.60. The van der Waals surface area contributed by atoms with Crippen molar-refractivity contribution < 1.29 is 31.2 Å². The van der Waals surface area contributed by atoms with Gasteiger partial charge in [-0.3, -0.25) is 13.9 Å². The molecular formula is C32H32F3N3O4S. The molecule has 2 aliphatic heterocycles. The highest BCUT2D eigenvalue weighted by Crippen LogP contribution is 2.59. The first-order valence-corrected chi connectivity index (χ1v) is 15.8. The van der Waals surface area contributed by atoms with Crippen molar-refractivity contribution in [3.63, 3.8) is 0 Å². The van der Waals surface area contributed by atoms with E-state index in [1.807, 2.05) is 0 Å². The first-order valence-electron chi connectivity index (χ1n) is 14.4. The molecule has 1 saturated carbocycles. The Hall–Kier alpha value is -3.86. The van der Waals surface area contributed by atoms with E-state index in [-0.39, 0.29) is 34.4 Å². The molecule has 1 aliphatic carbocycles. The summed E-state index contributed by atoms with van der Waals surface area (Å²) >= 11 is 0. The molecule has 2 heterocycles. The number of anilines is 1. The summed E-state index contributed by atoms with van der Waals surface area (Å²) in [5, 5.41) is 2.74. The lowest BCUT2D eigenvalue weighted by Crippen LogP contribution is -2.54. The third-order valence-corrected chi connectivity index (χ3v) is 10.9. The first kappa shape index (κ1) is 29.2. The average molecular weight is 612 g/mol. The molecule has 0 bridgehead atoms. The van der Waals surface area contributed by atoms with E-state index in [9.17, 15) is 31.2 Å². The summed E-state index contributed by atoms with van der Waals surface area (Å²) in [6, 6.07) is 15.3. The summed E-state index contributed by atoms with van der Waals surface area (Å²) in [6.07, 6.45) is 0.0560. The normalized spacial score (nSPS) is 19.5. The molecule has 2 amide bonds. The van der Waals surface area contributed by atoms with Crippen LogP contribution in [0, 0.1) is 11.7 Å². The molecule has 1 spiro atoms. The van der Waals surface area contributed by atoms with Crippen LogP contribution in [-0.2, 0) is 26.8 Å². The van der Waals surface area contributed by atoms with Crippen LogP contribution in [0.15, 0.2) is 71.6 Å². The maximum Gasteiger partial charge on any atom is 0.264 e. The Morgan fingerprint density at radius 1 is 1.00 bits per heavy atom. The summed E-state index contributed by atoms with van der Waals surface area (Å²) in [4.78, 5) is 27.3. The van der Waals surface area contributed by atoms with Gasteiger partial charge in [-0.2, -0.15) is 0 Å². The van der Waals surface area contributed by atoms with E-state index in [0.717, 1.165) is 30.5 Å². The number of hydrogen-bond donors (Lipinski definition) is 1. The average Bonchev–Trinajstić information content (AvgIpc) is 3.80. The third kappa shape index (κ3) is 5.17. The molecule has 2 fully saturated rings. The van der Waals surface area contributed by atoms with Crippen LogP contribution < -0.4 is 9.62 Å². The number of rotatable bonds is 7. The van der Waals surface area contributed by atoms with Crippen LogP contribution in [0.1, 0.15) is 66.1 Å². The van der Waals surface area contributed by atoms with E-state index < -0.39 is 39.6 Å². The molecule has 0 radical (unpaired) electrons. The maximum absolute atomic E-state index is 14.2. The molecule has 43 heavy (non-hydrogen) atoms. The second kappa shape index (κ2) is 11.0. The lowest BCUT2D eigenvalue weighted by molar-refractivity contribution is -0.130. The molecule has 3 aromatic carbocycles. The Morgan fingerprint density at radius 2 is 1.67 bits per heavy atom. The van der Waals surface area contributed by atoms with Crippen molar-refractivity contribution in [1.29, 1.82) is 0 Å². The molecule has 226 valence electrons. The Morgan fingerprint density at radius 3 is 2.30 bits per heavy atom. The minimum Gasteiger partial charge on any atom is -0.348 e. The van der Waals surface area contributed by atoms with Crippen molar-refractivity contribution in [2.24, 2.45) is 5.92 Å². The van der Waals surface area contributed by atoms with Crippen LogP contribution in [0.5, 0.6) is 0 Å². The number of likely N-dealkylation sites (tertiary alicyclic amines) is 1. The molecule has 3 aliphatic rings. The van der Waals surface area contributed by atoms with Crippen LogP contribution >= 0.6 is 0 Å². The van der Waals surface area contributed by atoms with Crippen molar-refractivity contribution in [1.82, 2.24) is 10.2 Å². The number of sulfonamides is 1. The molecule has 11 heteroatoms. The molecule has 0 aromatic heterocycles. The van der Waals surface area contributed by atoms with Crippen molar-refractivity contribution in [2.45, 2.75) is 61.9 Å². The lowest BCUT2D eigenvalue weighted by Gasteiger charge is -2.45. The standard InChI is InChI=1S/C32H32F3N3O4S/c1-20(39)37-16-14-32(15-17-37)27-18-22(31(40)36-19-23-4-2-3-5-26(23)30(34)35)8-13-28(27)38(29(32)21-6-7-21)43(41,42)25-11-9-24(33)10-12-25/h2-5,8-13,18,21,29-30H,6-7,14-17,19H2,1H3,(H,36,40)/t29-/m1/s1. The van der Waals surface area contributed by atoms with Crippen LogP contribution in [0.4, 0.5) is 18.9 Å². The number of benzene rings is 3. The number of nitrogens with zero attached hydrogens (tertiary/aromatic N) is 2. The second-order valence-corrected chi connectivity index (χ2v) is 13.4. The van der Waals surface area contributed by atoms with Gasteiger partial charge in [0, 0.05) is 43.1 Å². The topological polar surface area (TPSA) is 86.8 Å². The highest BCUT2D eigenvalue weighted by atomic mass is 32.2. The minimum atomic E-state index is -4.11. The molecule has 7 nitrogen and oxygen atoms in total. The van der Waals surface area contributed by atoms with Gasteiger partial charge in [0.1, 0.15) is 5.82 Å². The Balaban J connectivity index is 1.40. The first-order chi connectivity index (χ1) is 20.5. The zero-order valence-electron chi connectivity index (χ0n) is 23.6. The maximum atomic E-state index is 14.2.